The van der Waals surface area contributed by atoms with Crippen molar-refractivity contribution >= 4 is 5.91 Å². The summed E-state index contributed by atoms with van der Waals surface area (Å²) in [5.41, 5.74) is 8.08. The smallest absolute Gasteiger partial charge is 0.222 e. The fraction of sp³-hybridized carbons (Fsp3) is 0.875. The monoisotopic (exact) mass is 165 g/mol. The maximum absolute atomic E-state index is 11.2. The van der Waals surface area contributed by atoms with Crippen molar-refractivity contribution < 1.29 is 4.79 Å². The Morgan fingerprint density at radius 2 is 1.92 bits per heavy atom. The van der Waals surface area contributed by atoms with E-state index in [1.54, 1.807) is 0 Å². The first-order valence-corrected chi connectivity index (χ1v) is 4.43. The highest BCUT2D eigenvalue weighted by atomic mass is 16.2. The van der Waals surface area contributed by atoms with Gasteiger partial charge < -0.3 is 0 Å². The van der Waals surface area contributed by atoms with Gasteiger partial charge in [0, 0.05) is 10.8 Å². The Labute approximate surface area is 70.6 Å². The lowest BCUT2D eigenvalue weighted by atomic mass is 10.0. The van der Waals surface area contributed by atoms with Crippen LogP contribution in [0.5, 0.6) is 0 Å². The van der Waals surface area contributed by atoms with Crippen molar-refractivity contribution in [3.05, 3.63) is 10.4 Å². The van der Waals surface area contributed by atoms with Gasteiger partial charge in [-0.15, -0.1) is 0 Å². The Hall–Kier alpha value is -1.02. The summed E-state index contributed by atoms with van der Waals surface area (Å²) in [6.07, 6.45) is 4.78. The standard InChI is InChI=1S/C8H11N3O/c9-11-10-8(12)7-5-3-1-2-4-6(5)7/h5-7H,1-4H2. The predicted octanol–water partition coefficient (Wildman–Crippen LogP) is 2.26. The summed E-state index contributed by atoms with van der Waals surface area (Å²) in [6.45, 7) is 0. The first kappa shape index (κ1) is 7.62. The molecule has 0 heterocycles. The molecular formula is C8H11N3O. The SMILES string of the molecule is [N-]=[N+]=NC(=O)C1C2CCCCC21. The first-order chi connectivity index (χ1) is 5.84. The van der Waals surface area contributed by atoms with Crippen LogP contribution in [0.3, 0.4) is 0 Å². The molecule has 0 aliphatic heterocycles. The van der Waals surface area contributed by atoms with Crippen molar-refractivity contribution in [2.75, 3.05) is 0 Å². The zero-order valence-corrected chi connectivity index (χ0v) is 6.81. The molecular weight excluding hydrogens is 154 g/mol. The highest BCUT2D eigenvalue weighted by Crippen LogP contribution is 2.55. The van der Waals surface area contributed by atoms with E-state index in [9.17, 15) is 4.79 Å². The van der Waals surface area contributed by atoms with E-state index in [2.05, 4.69) is 10.0 Å². The van der Waals surface area contributed by atoms with Crippen molar-refractivity contribution in [2.24, 2.45) is 22.9 Å². The number of hydrogen-bond acceptors (Lipinski definition) is 1. The molecule has 2 saturated carbocycles. The Balaban J connectivity index is 2.00. The topological polar surface area (TPSA) is 65.8 Å². The second-order valence-electron chi connectivity index (χ2n) is 3.67. The van der Waals surface area contributed by atoms with Gasteiger partial charge in [-0.05, 0) is 35.3 Å². The summed E-state index contributed by atoms with van der Waals surface area (Å²) < 4.78 is 0. The van der Waals surface area contributed by atoms with Crippen LogP contribution in [0.25, 0.3) is 10.4 Å². The average Bonchev–Trinajstić information content (AvgIpc) is 2.78. The van der Waals surface area contributed by atoms with Gasteiger partial charge in [0.15, 0.2) is 0 Å². The number of nitrogens with zero attached hydrogens (tertiary/aromatic N) is 3. The molecule has 2 unspecified atom stereocenters. The van der Waals surface area contributed by atoms with Gasteiger partial charge in [-0.25, -0.2) is 0 Å². The molecule has 2 atom stereocenters. The van der Waals surface area contributed by atoms with Crippen LogP contribution in [0.1, 0.15) is 25.7 Å². The van der Waals surface area contributed by atoms with Crippen LogP contribution in [0, 0.1) is 17.8 Å². The van der Waals surface area contributed by atoms with Gasteiger partial charge in [0.05, 0.1) is 0 Å². The maximum atomic E-state index is 11.2. The molecule has 0 aromatic heterocycles. The van der Waals surface area contributed by atoms with Crippen LogP contribution >= 0.6 is 0 Å². The number of hydrogen-bond donors (Lipinski definition) is 0. The van der Waals surface area contributed by atoms with E-state index >= 15 is 0 Å². The molecule has 0 spiro atoms. The summed E-state index contributed by atoms with van der Waals surface area (Å²) in [7, 11) is 0. The third kappa shape index (κ3) is 1.08. The molecule has 12 heavy (non-hydrogen) atoms. The summed E-state index contributed by atoms with van der Waals surface area (Å²) in [6, 6.07) is 0. The van der Waals surface area contributed by atoms with E-state index in [1.165, 1.54) is 12.8 Å². The molecule has 0 radical (unpaired) electrons. The van der Waals surface area contributed by atoms with Crippen molar-refractivity contribution in [1.29, 1.82) is 0 Å². The second-order valence-corrected chi connectivity index (χ2v) is 3.67. The minimum atomic E-state index is -0.227. The molecule has 0 aromatic carbocycles. The first-order valence-electron chi connectivity index (χ1n) is 4.43. The second kappa shape index (κ2) is 2.79. The van der Waals surface area contributed by atoms with Crippen LogP contribution in [-0.2, 0) is 4.79 Å². The molecule has 2 aliphatic carbocycles. The van der Waals surface area contributed by atoms with E-state index in [4.69, 9.17) is 5.53 Å². The van der Waals surface area contributed by atoms with Gasteiger partial charge in [-0.1, -0.05) is 12.8 Å². The lowest BCUT2D eigenvalue weighted by Gasteiger charge is -2.04. The van der Waals surface area contributed by atoms with E-state index in [-0.39, 0.29) is 11.8 Å². The van der Waals surface area contributed by atoms with E-state index < -0.39 is 0 Å². The van der Waals surface area contributed by atoms with Crippen LogP contribution in [0.4, 0.5) is 0 Å². The molecule has 2 rings (SSSR count). The minimum Gasteiger partial charge on any atom is -0.292 e. The Bertz CT molecular complexity index is 245. The number of carbonyl (C=O) groups is 1. The zero-order chi connectivity index (χ0) is 8.55. The summed E-state index contributed by atoms with van der Waals surface area (Å²) >= 11 is 0. The van der Waals surface area contributed by atoms with Crippen LogP contribution in [0.2, 0.25) is 0 Å². The van der Waals surface area contributed by atoms with Gasteiger partial charge in [0.25, 0.3) is 0 Å². The zero-order valence-electron chi connectivity index (χ0n) is 6.81. The fourth-order valence-electron chi connectivity index (χ4n) is 2.47. The van der Waals surface area contributed by atoms with Gasteiger partial charge in [-0.2, -0.15) is 0 Å². The predicted molar refractivity (Wildman–Crippen MR) is 43.1 cm³/mol. The largest absolute Gasteiger partial charge is 0.292 e. The molecule has 2 aliphatic rings. The van der Waals surface area contributed by atoms with E-state index in [1.807, 2.05) is 0 Å². The molecule has 0 aromatic rings. The quantitative estimate of drug-likeness (QED) is 0.334. The normalized spacial score (nSPS) is 37.8. The number of rotatable bonds is 1. The van der Waals surface area contributed by atoms with E-state index in [0.717, 1.165) is 12.8 Å². The fourth-order valence-corrected chi connectivity index (χ4v) is 2.47. The molecule has 0 saturated heterocycles. The van der Waals surface area contributed by atoms with Gasteiger partial charge >= 0.3 is 0 Å². The Morgan fingerprint density at radius 3 is 2.42 bits per heavy atom. The maximum Gasteiger partial charge on any atom is 0.222 e. The number of fused-ring (bicyclic) bond motifs is 1. The molecule has 0 N–H and O–H groups in total. The number of azide groups is 1. The molecule has 0 bridgehead atoms. The Kier molecular flexibility index (Phi) is 1.77. The summed E-state index contributed by atoms with van der Waals surface area (Å²) in [5.74, 6) is 0.964. The van der Waals surface area contributed by atoms with Gasteiger partial charge in [0.1, 0.15) is 0 Å². The molecule has 2 fully saturated rings. The van der Waals surface area contributed by atoms with Crippen molar-refractivity contribution in [3.63, 3.8) is 0 Å². The van der Waals surface area contributed by atoms with Gasteiger partial charge in [0.2, 0.25) is 5.91 Å². The summed E-state index contributed by atoms with van der Waals surface area (Å²) in [4.78, 5) is 13.7. The number of amides is 1. The van der Waals surface area contributed by atoms with E-state index in [0.29, 0.717) is 11.8 Å². The lowest BCUT2D eigenvalue weighted by Crippen LogP contribution is -1.96. The Morgan fingerprint density at radius 1 is 1.33 bits per heavy atom. The number of carbonyl (C=O) groups excluding carboxylic acids is 1. The van der Waals surface area contributed by atoms with Gasteiger partial charge in [-0.3, -0.25) is 4.79 Å². The van der Waals surface area contributed by atoms with Crippen molar-refractivity contribution in [3.8, 4) is 0 Å². The highest BCUT2D eigenvalue weighted by Gasteiger charge is 2.54. The molecule has 4 nitrogen and oxygen atoms in total. The third-order valence-electron chi connectivity index (χ3n) is 3.08. The van der Waals surface area contributed by atoms with Crippen molar-refractivity contribution in [1.82, 2.24) is 0 Å². The molecule has 4 heteroatoms. The average molecular weight is 165 g/mol. The molecule has 64 valence electrons. The van der Waals surface area contributed by atoms with Crippen LogP contribution < -0.4 is 0 Å². The lowest BCUT2D eigenvalue weighted by molar-refractivity contribution is -0.119. The van der Waals surface area contributed by atoms with Crippen molar-refractivity contribution in [2.45, 2.75) is 25.7 Å². The minimum absolute atomic E-state index is 0.0865. The highest BCUT2D eigenvalue weighted by molar-refractivity contribution is 5.82. The van der Waals surface area contributed by atoms with Crippen LogP contribution in [-0.4, -0.2) is 5.91 Å². The summed E-state index contributed by atoms with van der Waals surface area (Å²) in [5, 5.41) is 3.15. The molecule has 1 amide bonds. The third-order valence-corrected chi connectivity index (χ3v) is 3.08. The van der Waals surface area contributed by atoms with Crippen LogP contribution in [0.15, 0.2) is 5.11 Å².